The van der Waals surface area contributed by atoms with Crippen LogP contribution in [0.3, 0.4) is 0 Å². The largest absolute Gasteiger partial charge is 0.497 e. The minimum absolute atomic E-state index is 0.0376. The number of nitrogens with one attached hydrogen (secondary N) is 1. The highest BCUT2D eigenvalue weighted by Crippen LogP contribution is 2.40. The first-order chi connectivity index (χ1) is 15.6. The van der Waals surface area contributed by atoms with E-state index < -0.39 is 0 Å². The average Bonchev–Trinajstić information content (AvgIpc) is 3.43. The summed E-state index contributed by atoms with van der Waals surface area (Å²) in [5.74, 6) is 2.15. The lowest BCUT2D eigenvalue weighted by Gasteiger charge is -2.13. The van der Waals surface area contributed by atoms with E-state index in [9.17, 15) is 9.59 Å². The lowest BCUT2D eigenvalue weighted by atomic mass is 10.1. The molecule has 4 rings (SSSR count). The van der Waals surface area contributed by atoms with Gasteiger partial charge in [-0.2, -0.15) is 0 Å². The Bertz CT molecular complexity index is 1030. The Kier molecular flexibility index (Phi) is 6.96. The van der Waals surface area contributed by atoms with Crippen LogP contribution in [0.2, 0.25) is 0 Å². The number of benzene rings is 2. The lowest BCUT2D eigenvalue weighted by molar-refractivity contribution is -0.116. The molecule has 1 saturated heterocycles. The third kappa shape index (κ3) is 5.05. The zero-order valence-electron chi connectivity index (χ0n) is 17.8. The van der Waals surface area contributed by atoms with Crippen LogP contribution in [0.5, 0.6) is 11.5 Å². The summed E-state index contributed by atoms with van der Waals surface area (Å²) in [6.45, 7) is 1.11. The smallest absolute Gasteiger partial charge is 0.281 e. The molecule has 0 unspecified atom stereocenters. The van der Waals surface area contributed by atoms with Gasteiger partial charge >= 0.3 is 0 Å². The summed E-state index contributed by atoms with van der Waals surface area (Å²) >= 11 is 2.71. The van der Waals surface area contributed by atoms with Crippen LogP contribution in [0, 0.1) is 0 Å². The summed E-state index contributed by atoms with van der Waals surface area (Å²) in [4.78, 5) is 31.6. The number of amides is 2. The Morgan fingerprint density at radius 2 is 1.66 bits per heavy atom. The van der Waals surface area contributed by atoms with Gasteiger partial charge < -0.3 is 19.7 Å². The minimum Gasteiger partial charge on any atom is -0.497 e. The van der Waals surface area contributed by atoms with Crippen LogP contribution in [0.1, 0.15) is 6.42 Å². The SMILES string of the molecule is COc1ccc(-c2nc(NC(=O)CCN3CCSC3=O)sc2-c2ccc(OC)cc2)cc1. The van der Waals surface area contributed by atoms with Gasteiger partial charge in [-0.3, -0.25) is 9.59 Å². The van der Waals surface area contributed by atoms with Crippen molar-refractivity contribution in [2.75, 3.05) is 38.4 Å². The van der Waals surface area contributed by atoms with Crippen molar-refractivity contribution in [3.8, 4) is 33.2 Å². The van der Waals surface area contributed by atoms with Crippen molar-refractivity contribution in [1.82, 2.24) is 9.88 Å². The maximum Gasteiger partial charge on any atom is 0.281 e. The van der Waals surface area contributed by atoms with Gasteiger partial charge in [0.2, 0.25) is 5.91 Å². The Morgan fingerprint density at radius 3 is 2.22 bits per heavy atom. The van der Waals surface area contributed by atoms with E-state index in [-0.39, 0.29) is 17.6 Å². The second-order valence-corrected chi connectivity index (χ2v) is 9.10. The fraction of sp³-hybridized carbons (Fsp3) is 0.261. The molecular formula is C23H23N3O4S2. The molecule has 0 saturated carbocycles. The van der Waals surface area contributed by atoms with Crippen LogP contribution in [-0.4, -0.2) is 54.1 Å². The molecule has 0 spiro atoms. The highest BCUT2D eigenvalue weighted by Gasteiger charge is 2.22. The van der Waals surface area contributed by atoms with E-state index >= 15 is 0 Å². The van der Waals surface area contributed by atoms with Crippen molar-refractivity contribution in [2.24, 2.45) is 0 Å². The molecule has 9 heteroatoms. The minimum atomic E-state index is -0.161. The molecule has 1 aliphatic rings. The van der Waals surface area contributed by atoms with E-state index in [1.165, 1.54) is 23.1 Å². The first-order valence-corrected chi connectivity index (χ1v) is 11.9. The van der Waals surface area contributed by atoms with Crippen molar-refractivity contribution in [3.63, 3.8) is 0 Å². The molecule has 7 nitrogen and oxygen atoms in total. The van der Waals surface area contributed by atoms with Crippen LogP contribution in [0.4, 0.5) is 9.93 Å². The average molecular weight is 470 g/mol. The number of carbonyl (C=O) groups excluding carboxylic acids is 2. The number of ether oxygens (including phenoxy) is 2. The molecule has 166 valence electrons. The number of nitrogens with zero attached hydrogens (tertiary/aromatic N) is 2. The standard InChI is InChI=1S/C23H23N3O4S2/c1-29-17-7-3-15(4-8-17)20-21(16-5-9-18(30-2)10-6-16)32-22(25-20)24-19(27)11-12-26-13-14-31-23(26)28/h3-10H,11-14H2,1-2H3,(H,24,25,27). The van der Waals surface area contributed by atoms with Gasteiger partial charge in [-0.25, -0.2) is 4.98 Å². The predicted octanol–water partition coefficient (Wildman–Crippen LogP) is 4.99. The van der Waals surface area contributed by atoms with Crippen molar-refractivity contribution in [3.05, 3.63) is 48.5 Å². The van der Waals surface area contributed by atoms with E-state index in [0.29, 0.717) is 18.2 Å². The fourth-order valence-corrected chi connectivity index (χ4v) is 5.16. The third-order valence-electron chi connectivity index (χ3n) is 5.04. The molecule has 2 amide bonds. The number of carbonyl (C=O) groups is 2. The quantitative estimate of drug-likeness (QED) is 0.501. The first-order valence-electron chi connectivity index (χ1n) is 10.1. The number of methoxy groups -OCH3 is 2. The van der Waals surface area contributed by atoms with Gasteiger partial charge in [0.05, 0.1) is 24.8 Å². The van der Waals surface area contributed by atoms with Crippen molar-refractivity contribution in [2.45, 2.75) is 6.42 Å². The maximum absolute atomic E-state index is 12.5. The number of hydrogen-bond donors (Lipinski definition) is 1. The van der Waals surface area contributed by atoms with Gasteiger partial charge in [-0.05, 0) is 54.1 Å². The number of thiazole rings is 1. The van der Waals surface area contributed by atoms with Crippen molar-refractivity contribution in [1.29, 1.82) is 0 Å². The van der Waals surface area contributed by atoms with Crippen LogP contribution >= 0.6 is 23.1 Å². The fourth-order valence-electron chi connectivity index (χ4n) is 3.30. The summed E-state index contributed by atoms with van der Waals surface area (Å²) in [6, 6.07) is 15.4. The Morgan fingerprint density at radius 1 is 1.03 bits per heavy atom. The molecule has 3 aromatic rings. The van der Waals surface area contributed by atoms with Gasteiger partial charge in [-0.15, -0.1) is 0 Å². The summed E-state index contributed by atoms with van der Waals surface area (Å²) < 4.78 is 10.5. The highest BCUT2D eigenvalue weighted by atomic mass is 32.2. The predicted molar refractivity (Wildman–Crippen MR) is 129 cm³/mol. The van der Waals surface area contributed by atoms with Gasteiger partial charge in [0.25, 0.3) is 5.24 Å². The molecule has 0 aliphatic carbocycles. The summed E-state index contributed by atoms with van der Waals surface area (Å²) in [7, 11) is 3.26. The van der Waals surface area contributed by atoms with Crippen LogP contribution in [0.15, 0.2) is 48.5 Å². The number of hydrogen-bond acceptors (Lipinski definition) is 7. The monoisotopic (exact) mass is 469 g/mol. The molecule has 1 aliphatic heterocycles. The number of anilines is 1. The number of thioether (sulfide) groups is 1. The molecule has 0 atom stereocenters. The zero-order chi connectivity index (χ0) is 22.5. The van der Waals surface area contributed by atoms with E-state index in [1.807, 2.05) is 48.5 Å². The molecule has 32 heavy (non-hydrogen) atoms. The number of rotatable bonds is 8. The van der Waals surface area contributed by atoms with E-state index in [0.717, 1.165) is 38.9 Å². The van der Waals surface area contributed by atoms with Crippen molar-refractivity contribution < 1.29 is 19.1 Å². The second kappa shape index (κ2) is 10.1. The molecular weight excluding hydrogens is 446 g/mol. The van der Waals surface area contributed by atoms with E-state index in [1.54, 1.807) is 19.1 Å². The van der Waals surface area contributed by atoms with Gasteiger partial charge in [0.1, 0.15) is 11.5 Å². The molecule has 2 heterocycles. The zero-order valence-corrected chi connectivity index (χ0v) is 19.4. The lowest BCUT2D eigenvalue weighted by Crippen LogP contribution is -2.27. The summed E-state index contributed by atoms with van der Waals surface area (Å²) in [6.07, 6.45) is 0.238. The molecule has 2 aromatic carbocycles. The van der Waals surface area contributed by atoms with E-state index in [4.69, 9.17) is 14.5 Å². The molecule has 0 bridgehead atoms. The van der Waals surface area contributed by atoms with Crippen molar-refractivity contribution >= 4 is 39.4 Å². The normalized spacial score (nSPS) is 13.3. The summed E-state index contributed by atoms with van der Waals surface area (Å²) in [5, 5.41) is 3.46. The topological polar surface area (TPSA) is 80.8 Å². The van der Waals surface area contributed by atoms with Gasteiger partial charge in [-0.1, -0.05) is 23.1 Å². The third-order valence-corrected chi connectivity index (χ3v) is 6.95. The van der Waals surface area contributed by atoms with Gasteiger partial charge in [0, 0.05) is 30.8 Å². The Hall–Kier alpha value is -3.04. The second-order valence-electron chi connectivity index (χ2n) is 7.05. The van der Waals surface area contributed by atoms with E-state index in [2.05, 4.69) is 5.32 Å². The van der Waals surface area contributed by atoms with Crippen LogP contribution in [0.25, 0.3) is 21.7 Å². The van der Waals surface area contributed by atoms with Crippen LogP contribution < -0.4 is 14.8 Å². The van der Waals surface area contributed by atoms with Gasteiger partial charge in [0.15, 0.2) is 5.13 Å². The Balaban J connectivity index is 1.57. The summed E-state index contributed by atoms with van der Waals surface area (Å²) in [5.41, 5.74) is 2.69. The number of aromatic nitrogens is 1. The maximum atomic E-state index is 12.5. The van der Waals surface area contributed by atoms with Crippen LogP contribution in [-0.2, 0) is 4.79 Å². The first kappa shape index (κ1) is 22.2. The highest BCUT2D eigenvalue weighted by molar-refractivity contribution is 8.13. The Labute approximate surface area is 194 Å². The molecule has 1 fully saturated rings. The molecule has 1 N–H and O–H groups in total. The molecule has 0 radical (unpaired) electrons. The molecule has 1 aromatic heterocycles.